The van der Waals surface area contributed by atoms with Gasteiger partial charge in [0.25, 0.3) is 0 Å². The van der Waals surface area contributed by atoms with Crippen molar-refractivity contribution in [3.63, 3.8) is 0 Å². The van der Waals surface area contributed by atoms with Crippen LogP contribution in [0.1, 0.15) is 11.3 Å². The Kier molecular flexibility index (Phi) is 5.46. The van der Waals surface area contributed by atoms with Crippen molar-refractivity contribution in [3.05, 3.63) is 64.3 Å². The number of anilines is 1. The Morgan fingerprint density at radius 2 is 2.06 bits per heavy atom. The van der Waals surface area contributed by atoms with Crippen LogP contribution in [0, 0.1) is 0 Å². The first-order chi connectivity index (χ1) is 16.7. The lowest BCUT2D eigenvalue weighted by Crippen LogP contribution is -2.37. The molecule has 1 saturated heterocycles. The molecule has 0 bridgehead atoms. The molecule has 1 fully saturated rings. The summed E-state index contributed by atoms with van der Waals surface area (Å²) in [7, 11) is 1.92. The summed E-state index contributed by atoms with van der Waals surface area (Å²) in [5, 5.41) is 9.51. The molecule has 0 unspecified atom stereocenters. The molecule has 0 spiro atoms. The lowest BCUT2D eigenvalue weighted by molar-refractivity contribution is 0.0226. The number of para-hydroxylation sites is 1. The van der Waals surface area contributed by atoms with Gasteiger partial charge in [0.05, 0.1) is 52.9 Å². The second-order valence-electron chi connectivity index (χ2n) is 8.16. The van der Waals surface area contributed by atoms with Crippen molar-refractivity contribution in [1.29, 1.82) is 0 Å². The number of hydroxylamine groups is 1. The number of thiazole rings is 1. The molecule has 6 rings (SSSR count). The third-order valence-corrected chi connectivity index (χ3v) is 7.28. The summed E-state index contributed by atoms with van der Waals surface area (Å²) < 4.78 is 10.5. The van der Waals surface area contributed by atoms with E-state index in [1.54, 1.807) is 23.9 Å². The first kappa shape index (κ1) is 21.2. The van der Waals surface area contributed by atoms with Crippen molar-refractivity contribution in [2.75, 3.05) is 31.2 Å². The molecule has 0 atom stereocenters. The topological polar surface area (TPSA) is 98.8 Å². The Morgan fingerprint density at radius 3 is 2.88 bits per heavy atom. The van der Waals surface area contributed by atoms with Gasteiger partial charge in [-0.05, 0) is 18.2 Å². The number of nitrogens with zero attached hydrogens (tertiary/aromatic N) is 6. The number of hydrogen-bond acceptors (Lipinski definition) is 9. The van der Waals surface area contributed by atoms with E-state index in [1.165, 1.54) is 0 Å². The minimum absolute atomic E-state index is 0.0895. The summed E-state index contributed by atoms with van der Waals surface area (Å²) >= 11 is 1.55. The zero-order valence-electron chi connectivity index (χ0n) is 18.6. The number of morpholine rings is 1. The van der Waals surface area contributed by atoms with Gasteiger partial charge in [0, 0.05) is 26.3 Å². The number of benzene rings is 1. The highest BCUT2D eigenvalue weighted by molar-refractivity contribution is 7.24. The molecule has 5 aromatic rings. The summed E-state index contributed by atoms with van der Waals surface area (Å²) in [6.07, 6.45) is 3.51. The van der Waals surface area contributed by atoms with Crippen LogP contribution in [0.15, 0.2) is 47.7 Å². The summed E-state index contributed by atoms with van der Waals surface area (Å²) in [4.78, 5) is 26.5. The molecule has 0 amide bonds. The van der Waals surface area contributed by atoms with Crippen molar-refractivity contribution >= 4 is 43.2 Å². The molecule has 0 radical (unpaired) electrons. The van der Waals surface area contributed by atoms with Gasteiger partial charge in [-0.15, -0.1) is 21.5 Å². The molecule has 10 nitrogen and oxygen atoms in total. The number of aryl methyl sites for hydroxylation is 1. The van der Waals surface area contributed by atoms with Gasteiger partial charge in [-0.1, -0.05) is 12.1 Å². The average molecular weight is 478 g/mol. The number of pyridine rings is 1. The maximum Gasteiger partial charge on any atom is 0.198 e. The van der Waals surface area contributed by atoms with E-state index < -0.39 is 0 Å². The van der Waals surface area contributed by atoms with Crippen LogP contribution in [0.25, 0.3) is 26.1 Å². The van der Waals surface area contributed by atoms with E-state index in [4.69, 9.17) is 9.57 Å². The van der Waals surface area contributed by atoms with Gasteiger partial charge in [-0.3, -0.25) is 14.0 Å². The first-order valence-corrected chi connectivity index (χ1v) is 11.9. The molecule has 5 heterocycles. The maximum absolute atomic E-state index is 13.7. The standard InChI is InChI=1S/C23H23N7O3S/c1-28-14-24-11-15(28)12-25-33-13-17-21(31)16-10-20(29-6-8-32-9-7-29)26-27-22(16)30-18-4-2-3-5-19(18)34-23(17)30/h2-5,10-11,14,25H,6-9,12-13H2,1H3. The fraction of sp³-hybridized carbons (Fsp3) is 0.304. The Morgan fingerprint density at radius 1 is 1.21 bits per heavy atom. The van der Waals surface area contributed by atoms with Gasteiger partial charge >= 0.3 is 0 Å². The number of imidazole rings is 1. The molecule has 11 heteroatoms. The summed E-state index contributed by atoms with van der Waals surface area (Å²) in [6, 6.07) is 9.91. The average Bonchev–Trinajstić information content (AvgIpc) is 3.47. The van der Waals surface area contributed by atoms with Crippen molar-refractivity contribution < 1.29 is 9.57 Å². The van der Waals surface area contributed by atoms with Gasteiger partial charge < -0.3 is 14.2 Å². The summed E-state index contributed by atoms with van der Waals surface area (Å²) in [5.74, 6) is 0.689. The number of rotatable bonds is 6. The van der Waals surface area contributed by atoms with Gasteiger partial charge in [-0.2, -0.15) is 5.48 Å². The normalized spacial score (nSPS) is 14.6. The Hall–Kier alpha value is -3.38. The Bertz CT molecular complexity index is 1550. The van der Waals surface area contributed by atoms with E-state index in [0.717, 1.165) is 33.8 Å². The minimum Gasteiger partial charge on any atom is -0.378 e. The molecular formula is C23H23N7O3S. The highest BCUT2D eigenvalue weighted by Crippen LogP contribution is 2.31. The number of hydrogen-bond donors (Lipinski definition) is 1. The van der Waals surface area contributed by atoms with Crippen molar-refractivity contribution in [3.8, 4) is 0 Å². The van der Waals surface area contributed by atoms with Crippen LogP contribution in [-0.4, -0.2) is 50.5 Å². The SMILES string of the molecule is Cn1cncc1CNOCc1c(=O)c2cc(N3CCOCC3)nnc2n2c1sc1ccccc12. The van der Waals surface area contributed by atoms with Crippen LogP contribution >= 0.6 is 11.3 Å². The van der Waals surface area contributed by atoms with E-state index in [9.17, 15) is 4.79 Å². The van der Waals surface area contributed by atoms with Crippen LogP contribution in [-0.2, 0) is 29.8 Å². The number of ether oxygens (including phenoxy) is 1. The van der Waals surface area contributed by atoms with E-state index in [2.05, 4.69) is 25.6 Å². The highest BCUT2D eigenvalue weighted by Gasteiger charge is 2.21. The summed E-state index contributed by atoms with van der Waals surface area (Å²) in [6.45, 7) is 3.31. The van der Waals surface area contributed by atoms with Crippen LogP contribution in [0.5, 0.6) is 0 Å². The maximum atomic E-state index is 13.7. The molecule has 1 aromatic carbocycles. The first-order valence-electron chi connectivity index (χ1n) is 11.1. The monoisotopic (exact) mass is 477 g/mol. The molecule has 4 aromatic heterocycles. The van der Waals surface area contributed by atoms with Crippen molar-refractivity contribution in [2.45, 2.75) is 13.2 Å². The van der Waals surface area contributed by atoms with E-state index >= 15 is 0 Å². The Balaban J connectivity index is 1.44. The largest absolute Gasteiger partial charge is 0.378 e. The molecule has 1 N–H and O–H groups in total. The molecule has 34 heavy (non-hydrogen) atoms. The fourth-order valence-corrected chi connectivity index (χ4v) is 5.41. The van der Waals surface area contributed by atoms with Crippen LogP contribution in [0.2, 0.25) is 0 Å². The predicted octanol–water partition coefficient (Wildman–Crippen LogP) is 2.25. The zero-order chi connectivity index (χ0) is 23.1. The fourth-order valence-electron chi connectivity index (χ4n) is 4.24. The lowest BCUT2D eigenvalue weighted by atomic mass is 10.2. The molecule has 0 saturated carbocycles. The highest BCUT2D eigenvalue weighted by atomic mass is 32.1. The van der Waals surface area contributed by atoms with Gasteiger partial charge in [0.1, 0.15) is 11.4 Å². The second-order valence-corrected chi connectivity index (χ2v) is 9.19. The van der Waals surface area contributed by atoms with Crippen molar-refractivity contribution in [1.82, 2.24) is 29.6 Å². The van der Waals surface area contributed by atoms with E-state index in [-0.39, 0.29) is 12.0 Å². The van der Waals surface area contributed by atoms with Crippen molar-refractivity contribution in [2.24, 2.45) is 7.05 Å². The second kappa shape index (κ2) is 8.76. The smallest absolute Gasteiger partial charge is 0.198 e. The molecule has 1 aliphatic heterocycles. The Labute approximate surface area is 198 Å². The number of nitrogens with one attached hydrogen (secondary N) is 1. The molecule has 1 aliphatic rings. The predicted molar refractivity (Wildman–Crippen MR) is 130 cm³/mol. The number of fused-ring (bicyclic) bond motifs is 5. The molecule has 174 valence electrons. The third-order valence-electron chi connectivity index (χ3n) is 6.09. The minimum atomic E-state index is -0.0895. The number of aromatic nitrogens is 5. The third kappa shape index (κ3) is 3.62. The van der Waals surface area contributed by atoms with E-state index in [1.807, 2.05) is 46.3 Å². The van der Waals surface area contributed by atoms with E-state index in [0.29, 0.717) is 42.2 Å². The quantitative estimate of drug-likeness (QED) is 0.294. The van der Waals surface area contributed by atoms with Gasteiger partial charge in [0.2, 0.25) is 0 Å². The molecular weight excluding hydrogens is 454 g/mol. The van der Waals surface area contributed by atoms with Crippen LogP contribution in [0.4, 0.5) is 5.82 Å². The zero-order valence-corrected chi connectivity index (χ0v) is 19.4. The van der Waals surface area contributed by atoms with Gasteiger partial charge in [0.15, 0.2) is 16.9 Å². The summed E-state index contributed by atoms with van der Waals surface area (Å²) in [5.41, 5.74) is 5.99. The van der Waals surface area contributed by atoms with Crippen LogP contribution < -0.4 is 15.8 Å². The van der Waals surface area contributed by atoms with Crippen LogP contribution in [0.3, 0.4) is 0 Å². The van der Waals surface area contributed by atoms with Gasteiger partial charge in [-0.25, -0.2) is 4.98 Å². The lowest BCUT2D eigenvalue weighted by Gasteiger charge is -2.27. The molecule has 0 aliphatic carbocycles.